The molecular weight excluding hydrogens is 368 g/mol. The fraction of sp³-hybridized carbons (Fsp3) is 0.435. The van der Waals surface area contributed by atoms with Crippen LogP contribution in [0.2, 0.25) is 0 Å². The first kappa shape index (κ1) is 18.3. The number of carbonyl (C=O) groups is 1. The summed E-state index contributed by atoms with van der Waals surface area (Å²) in [4.78, 5) is 15.3. The molecule has 2 atom stereocenters. The molecule has 1 amide bonds. The maximum atomic E-state index is 12.8. The lowest BCUT2D eigenvalue weighted by Crippen LogP contribution is -2.57. The molecule has 4 heterocycles. The van der Waals surface area contributed by atoms with E-state index in [4.69, 9.17) is 14.2 Å². The fourth-order valence-electron chi connectivity index (χ4n) is 4.43. The molecule has 6 rings (SSSR count). The molecule has 6 heteroatoms. The van der Waals surface area contributed by atoms with Crippen LogP contribution in [0.15, 0.2) is 48.5 Å². The molecule has 152 valence electrons. The van der Waals surface area contributed by atoms with Gasteiger partial charge in [0, 0.05) is 18.2 Å². The molecule has 1 N–H and O–H groups in total. The Morgan fingerprint density at radius 3 is 2.69 bits per heavy atom. The average molecular weight is 394 g/mol. The summed E-state index contributed by atoms with van der Waals surface area (Å²) < 4.78 is 17.6. The molecule has 29 heavy (non-hydrogen) atoms. The van der Waals surface area contributed by atoms with Crippen molar-refractivity contribution in [1.82, 2.24) is 10.2 Å². The number of ether oxygens (including phenoxy) is 3. The van der Waals surface area contributed by atoms with E-state index in [0.717, 1.165) is 25.4 Å². The number of benzene rings is 2. The maximum absolute atomic E-state index is 12.8. The highest BCUT2D eigenvalue weighted by Gasteiger charge is 2.35. The van der Waals surface area contributed by atoms with Gasteiger partial charge in [-0.2, -0.15) is 0 Å². The summed E-state index contributed by atoms with van der Waals surface area (Å²) in [6.07, 6.45) is 2.13. The Kier molecular flexibility index (Phi) is 5.02. The Bertz CT molecular complexity index is 864. The van der Waals surface area contributed by atoms with Crippen molar-refractivity contribution in [1.29, 1.82) is 0 Å². The van der Waals surface area contributed by atoms with Crippen molar-refractivity contribution in [2.75, 3.05) is 32.8 Å². The van der Waals surface area contributed by atoms with Crippen LogP contribution in [0.1, 0.15) is 23.2 Å². The molecule has 3 saturated heterocycles. The van der Waals surface area contributed by atoms with Gasteiger partial charge >= 0.3 is 0 Å². The molecule has 3 fully saturated rings. The summed E-state index contributed by atoms with van der Waals surface area (Å²) in [5.41, 5.74) is 0.605. The minimum atomic E-state index is -0.220. The third kappa shape index (κ3) is 4.03. The van der Waals surface area contributed by atoms with Gasteiger partial charge in [0.05, 0.1) is 0 Å². The van der Waals surface area contributed by atoms with Crippen LogP contribution >= 0.6 is 0 Å². The van der Waals surface area contributed by atoms with Gasteiger partial charge in [0.15, 0.2) is 17.6 Å². The minimum Gasteiger partial charge on any atom is -0.490 e. The fourth-order valence-corrected chi connectivity index (χ4v) is 4.43. The third-order valence-electron chi connectivity index (χ3n) is 6.08. The van der Waals surface area contributed by atoms with E-state index >= 15 is 0 Å². The summed E-state index contributed by atoms with van der Waals surface area (Å²) in [5, 5.41) is 3.23. The molecule has 2 bridgehead atoms. The number of para-hydroxylation sites is 1. The first-order chi connectivity index (χ1) is 14.2. The monoisotopic (exact) mass is 394 g/mol. The molecule has 0 radical (unpaired) electrons. The highest BCUT2D eigenvalue weighted by atomic mass is 16.6. The van der Waals surface area contributed by atoms with Crippen molar-refractivity contribution >= 4 is 5.91 Å². The zero-order valence-electron chi connectivity index (χ0n) is 16.4. The third-order valence-corrected chi connectivity index (χ3v) is 6.08. The van der Waals surface area contributed by atoms with Crippen LogP contribution in [-0.4, -0.2) is 55.8 Å². The molecule has 0 saturated carbocycles. The first-order valence-corrected chi connectivity index (χ1v) is 10.4. The molecule has 0 aliphatic carbocycles. The number of nitrogens with zero attached hydrogens (tertiary/aromatic N) is 1. The van der Waals surface area contributed by atoms with Gasteiger partial charge in [-0.25, -0.2) is 0 Å². The van der Waals surface area contributed by atoms with Crippen LogP contribution in [-0.2, 0) is 0 Å². The second-order valence-corrected chi connectivity index (χ2v) is 8.05. The van der Waals surface area contributed by atoms with Crippen molar-refractivity contribution in [3.8, 4) is 17.2 Å². The summed E-state index contributed by atoms with van der Waals surface area (Å²) in [6, 6.07) is 15.3. The number of fused-ring (bicyclic) bond motifs is 4. The van der Waals surface area contributed by atoms with E-state index in [-0.39, 0.29) is 18.1 Å². The van der Waals surface area contributed by atoms with Gasteiger partial charge in [-0.05, 0) is 62.2 Å². The van der Waals surface area contributed by atoms with E-state index < -0.39 is 0 Å². The Hall–Kier alpha value is -2.73. The summed E-state index contributed by atoms with van der Waals surface area (Å²) in [7, 11) is 0. The van der Waals surface area contributed by atoms with E-state index in [2.05, 4.69) is 10.2 Å². The Balaban J connectivity index is 1.22. The molecule has 2 aromatic carbocycles. The summed E-state index contributed by atoms with van der Waals surface area (Å²) in [6.45, 7) is 4.09. The summed E-state index contributed by atoms with van der Waals surface area (Å²) >= 11 is 0. The lowest BCUT2D eigenvalue weighted by molar-refractivity contribution is 0.0530. The van der Waals surface area contributed by atoms with Crippen LogP contribution in [0.3, 0.4) is 0 Å². The standard InChI is InChI=1S/C23H26N2O4/c26-23(24-20-13-25-10-8-16(20)9-11-25)17-6-7-21-22(12-17)29-19(15-28-21)14-27-18-4-2-1-3-5-18/h1-7,12,16,19-20H,8-11,13-15H2,(H,24,26)/t19-,20+/m1/s1. The normalized spacial score (nSPS) is 27.3. The number of hydrogen-bond acceptors (Lipinski definition) is 5. The molecule has 0 unspecified atom stereocenters. The summed E-state index contributed by atoms with van der Waals surface area (Å²) in [5.74, 6) is 2.62. The Labute approximate surface area is 170 Å². The van der Waals surface area contributed by atoms with Crippen molar-refractivity contribution in [2.24, 2.45) is 5.92 Å². The number of nitrogens with one attached hydrogen (secondary N) is 1. The van der Waals surface area contributed by atoms with Gasteiger partial charge < -0.3 is 24.4 Å². The largest absolute Gasteiger partial charge is 0.490 e. The van der Waals surface area contributed by atoms with Crippen LogP contribution in [0.4, 0.5) is 0 Å². The average Bonchev–Trinajstić information content (AvgIpc) is 2.78. The zero-order chi connectivity index (χ0) is 19.6. The molecule has 0 aromatic heterocycles. The predicted molar refractivity (Wildman–Crippen MR) is 109 cm³/mol. The van der Waals surface area contributed by atoms with Gasteiger partial charge in [-0.1, -0.05) is 18.2 Å². The smallest absolute Gasteiger partial charge is 0.251 e. The molecule has 4 aliphatic rings. The zero-order valence-corrected chi connectivity index (χ0v) is 16.4. The number of amides is 1. The van der Waals surface area contributed by atoms with E-state index in [9.17, 15) is 4.79 Å². The minimum absolute atomic E-state index is 0.0437. The maximum Gasteiger partial charge on any atom is 0.251 e. The molecule has 2 aromatic rings. The van der Waals surface area contributed by atoms with Crippen molar-refractivity contribution in [2.45, 2.75) is 25.0 Å². The molecular formula is C23H26N2O4. The van der Waals surface area contributed by atoms with Crippen molar-refractivity contribution in [3.05, 3.63) is 54.1 Å². The second-order valence-electron chi connectivity index (χ2n) is 8.05. The number of piperidine rings is 3. The Morgan fingerprint density at radius 1 is 1.10 bits per heavy atom. The van der Waals surface area contributed by atoms with Crippen LogP contribution < -0.4 is 19.5 Å². The van der Waals surface area contributed by atoms with Gasteiger partial charge in [0.2, 0.25) is 0 Å². The van der Waals surface area contributed by atoms with E-state index in [1.54, 1.807) is 12.1 Å². The van der Waals surface area contributed by atoms with E-state index in [1.807, 2.05) is 36.4 Å². The predicted octanol–water partition coefficient (Wildman–Crippen LogP) is 2.73. The number of carbonyl (C=O) groups excluding carboxylic acids is 1. The topological polar surface area (TPSA) is 60.0 Å². The van der Waals surface area contributed by atoms with E-state index in [0.29, 0.717) is 36.2 Å². The van der Waals surface area contributed by atoms with Gasteiger partial charge in [0.25, 0.3) is 5.91 Å². The first-order valence-electron chi connectivity index (χ1n) is 10.4. The quantitative estimate of drug-likeness (QED) is 0.845. The van der Waals surface area contributed by atoms with Crippen molar-refractivity contribution < 1.29 is 19.0 Å². The van der Waals surface area contributed by atoms with Gasteiger partial charge in [-0.15, -0.1) is 0 Å². The van der Waals surface area contributed by atoms with Gasteiger partial charge in [0.1, 0.15) is 19.0 Å². The molecule has 6 nitrogen and oxygen atoms in total. The Morgan fingerprint density at radius 2 is 1.93 bits per heavy atom. The van der Waals surface area contributed by atoms with Crippen molar-refractivity contribution in [3.63, 3.8) is 0 Å². The van der Waals surface area contributed by atoms with Gasteiger partial charge in [-0.3, -0.25) is 4.79 Å². The molecule has 0 spiro atoms. The van der Waals surface area contributed by atoms with Crippen LogP contribution in [0, 0.1) is 5.92 Å². The second kappa shape index (κ2) is 7.95. The highest BCUT2D eigenvalue weighted by molar-refractivity contribution is 5.95. The van der Waals surface area contributed by atoms with Crippen LogP contribution in [0.25, 0.3) is 0 Å². The molecule has 4 aliphatic heterocycles. The SMILES string of the molecule is O=C(N[C@H]1CN2CCC1CC2)c1ccc2c(c1)O[C@H](COc1ccccc1)CO2. The number of hydrogen-bond donors (Lipinski definition) is 1. The lowest BCUT2D eigenvalue weighted by atomic mass is 9.84. The van der Waals surface area contributed by atoms with E-state index in [1.165, 1.54) is 12.8 Å². The highest BCUT2D eigenvalue weighted by Crippen LogP contribution is 2.33. The number of rotatable bonds is 5. The lowest BCUT2D eigenvalue weighted by Gasteiger charge is -2.44. The van der Waals surface area contributed by atoms with Crippen LogP contribution in [0.5, 0.6) is 17.2 Å².